The molecular formula is C20H22ClFN4O3. The smallest absolute Gasteiger partial charge is 0.294 e. The van der Waals surface area contributed by atoms with E-state index in [1.165, 1.54) is 18.2 Å². The van der Waals surface area contributed by atoms with Gasteiger partial charge in [-0.05, 0) is 43.7 Å². The molecule has 1 aliphatic heterocycles. The summed E-state index contributed by atoms with van der Waals surface area (Å²) in [5, 5.41) is 14.4. The number of amides is 1. The molecule has 0 spiro atoms. The molecule has 154 valence electrons. The second-order valence-corrected chi connectivity index (χ2v) is 7.47. The molecule has 1 N–H and O–H groups in total. The lowest BCUT2D eigenvalue weighted by Crippen LogP contribution is -2.53. The second kappa shape index (κ2) is 8.75. The number of hydrogen-bond donors (Lipinski definition) is 1. The molecule has 7 nitrogen and oxygen atoms in total. The summed E-state index contributed by atoms with van der Waals surface area (Å²) in [6, 6.07) is 8.49. The van der Waals surface area contributed by atoms with Gasteiger partial charge in [-0.2, -0.15) is 0 Å². The van der Waals surface area contributed by atoms with Gasteiger partial charge in [0.1, 0.15) is 11.5 Å². The van der Waals surface area contributed by atoms with Crippen LogP contribution in [0.3, 0.4) is 0 Å². The molecule has 29 heavy (non-hydrogen) atoms. The van der Waals surface area contributed by atoms with Crippen LogP contribution in [0.15, 0.2) is 36.4 Å². The normalized spacial score (nSPS) is 15.8. The number of piperazine rings is 1. The third-order valence-electron chi connectivity index (χ3n) is 5.17. The van der Waals surface area contributed by atoms with Gasteiger partial charge < -0.3 is 10.2 Å². The van der Waals surface area contributed by atoms with Crippen LogP contribution in [0, 0.1) is 22.9 Å². The number of carbonyl (C=O) groups is 1. The average Bonchev–Trinajstić information content (AvgIpc) is 2.70. The zero-order chi connectivity index (χ0) is 21.1. The fourth-order valence-corrected chi connectivity index (χ4v) is 3.56. The lowest BCUT2D eigenvalue weighted by atomic mass is 10.1. The van der Waals surface area contributed by atoms with E-state index in [4.69, 9.17) is 11.6 Å². The molecule has 2 aromatic rings. The van der Waals surface area contributed by atoms with Crippen LogP contribution in [0.5, 0.6) is 0 Å². The number of nitrogens with zero attached hydrogens (tertiary/aromatic N) is 3. The Morgan fingerprint density at radius 1 is 1.21 bits per heavy atom. The van der Waals surface area contributed by atoms with Crippen molar-refractivity contribution in [1.29, 1.82) is 0 Å². The van der Waals surface area contributed by atoms with Gasteiger partial charge in [-0.25, -0.2) is 4.39 Å². The highest BCUT2D eigenvalue weighted by atomic mass is 35.5. The van der Waals surface area contributed by atoms with Gasteiger partial charge in [0.15, 0.2) is 0 Å². The lowest BCUT2D eigenvalue weighted by molar-refractivity contribution is -0.384. The Morgan fingerprint density at radius 2 is 1.90 bits per heavy atom. The summed E-state index contributed by atoms with van der Waals surface area (Å²) in [7, 11) is 0. The van der Waals surface area contributed by atoms with Gasteiger partial charge in [0.2, 0.25) is 5.91 Å². The van der Waals surface area contributed by atoms with Crippen LogP contribution in [-0.4, -0.2) is 48.0 Å². The minimum atomic E-state index is -0.440. The summed E-state index contributed by atoms with van der Waals surface area (Å²) in [5.41, 5.74) is 1.73. The third kappa shape index (κ3) is 4.83. The summed E-state index contributed by atoms with van der Waals surface area (Å²) >= 11 is 5.89. The number of rotatable bonds is 5. The summed E-state index contributed by atoms with van der Waals surface area (Å²) < 4.78 is 13.4. The molecule has 0 aliphatic carbocycles. The van der Waals surface area contributed by atoms with Crippen LogP contribution in [0.2, 0.25) is 5.02 Å². The Labute approximate surface area is 173 Å². The van der Waals surface area contributed by atoms with E-state index in [2.05, 4.69) is 5.32 Å². The minimum absolute atomic E-state index is 0.0293. The van der Waals surface area contributed by atoms with Crippen LogP contribution >= 0.6 is 11.6 Å². The first kappa shape index (κ1) is 21.0. The number of nitro groups is 1. The molecule has 1 unspecified atom stereocenters. The van der Waals surface area contributed by atoms with Gasteiger partial charge in [-0.1, -0.05) is 17.7 Å². The first-order chi connectivity index (χ1) is 13.8. The quantitative estimate of drug-likeness (QED) is 0.587. The highest BCUT2D eigenvalue weighted by Crippen LogP contribution is 2.31. The topological polar surface area (TPSA) is 78.7 Å². The van der Waals surface area contributed by atoms with Crippen molar-refractivity contribution in [2.45, 2.75) is 19.9 Å². The number of nitro benzene ring substituents is 1. The fraction of sp³-hybridized carbons (Fsp3) is 0.350. The van der Waals surface area contributed by atoms with Crippen molar-refractivity contribution in [1.82, 2.24) is 4.90 Å². The van der Waals surface area contributed by atoms with Crippen molar-refractivity contribution >= 4 is 34.6 Å². The van der Waals surface area contributed by atoms with E-state index in [0.717, 1.165) is 5.56 Å². The van der Waals surface area contributed by atoms with Crippen molar-refractivity contribution in [3.05, 3.63) is 62.9 Å². The summed E-state index contributed by atoms with van der Waals surface area (Å²) in [6.07, 6.45) is 0. The monoisotopic (exact) mass is 420 g/mol. The number of anilines is 2. The summed E-state index contributed by atoms with van der Waals surface area (Å²) in [5.74, 6) is -0.624. The van der Waals surface area contributed by atoms with Crippen LogP contribution in [0.25, 0.3) is 0 Å². The van der Waals surface area contributed by atoms with Crippen molar-refractivity contribution < 1.29 is 14.1 Å². The standard InChI is InChI=1S/C20H22ClFN4O3/c1-13-3-5-16(22)12-17(13)23-20(27)14(2)24-7-9-25(10-8-24)18-6-4-15(21)11-19(18)26(28)29/h3-6,11-12,14H,7-10H2,1-2H3,(H,23,27). The molecule has 0 bridgehead atoms. The molecule has 1 atom stereocenters. The summed E-state index contributed by atoms with van der Waals surface area (Å²) in [4.78, 5) is 27.4. The average molecular weight is 421 g/mol. The second-order valence-electron chi connectivity index (χ2n) is 7.04. The molecule has 3 rings (SSSR count). The Hall–Kier alpha value is -2.71. The predicted octanol–water partition coefficient (Wildman–Crippen LogP) is 3.84. The van der Waals surface area contributed by atoms with Gasteiger partial charge >= 0.3 is 0 Å². The van der Waals surface area contributed by atoms with Gasteiger partial charge in [-0.3, -0.25) is 19.8 Å². The Kier molecular flexibility index (Phi) is 6.34. The van der Waals surface area contributed by atoms with Gasteiger partial charge in [0.25, 0.3) is 5.69 Å². The largest absolute Gasteiger partial charge is 0.363 e. The van der Waals surface area contributed by atoms with Crippen molar-refractivity contribution in [2.24, 2.45) is 0 Å². The van der Waals surface area contributed by atoms with Gasteiger partial charge in [-0.15, -0.1) is 0 Å². The Balaban J connectivity index is 1.64. The predicted molar refractivity (Wildman–Crippen MR) is 111 cm³/mol. The number of hydrogen-bond acceptors (Lipinski definition) is 5. The molecule has 1 fully saturated rings. The minimum Gasteiger partial charge on any atom is -0.363 e. The van der Waals surface area contributed by atoms with Gasteiger partial charge in [0, 0.05) is 43.0 Å². The number of halogens is 2. The van der Waals surface area contributed by atoms with Crippen LogP contribution in [-0.2, 0) is 4.79 Å². The highest BCUT2D eigenvalue weighted by Gasteiger charge is 2.28. The van der Waals surface area contributed by atoms with Gasteiger partial charge in [0.05, 0.1) is 11.0 Å². The lowest BCUT2D eigenvalue weighted by Gasteiger charge is -2.38. The van der Waals surface area contributed by atoms with Crippen molar-refractivity contribution in [3.63, 3.8) is 0 Å². The SMILES string of the molecule is Cc1ccc(F)cc1NC(=O)C(C)N1CCN(c2ccc(Cl)cc2[N+](=O)[O-])CC1. The number of benzene rings is 2. The third-order valence-corrected chi connectivity index (χ3v) is 5.41. The molecule has 1 aliphatic rings. The Morgan fingerprint density at radius 3 is 2.55 bits per heavy atom. The van der Waals surface area contributed by atoms with E-state index >= 15 is 0 Å². The van der Waals surface area contributed by atoms with E-state index in [-0.39, 0.29) is 11.6 Å². The molecule has 1 amide bonds. The molecule has 9 heteroatoms. The van der Waals surface area contributed by atoms with Crippen LogP contribution < -0.4 is 10.2 Å². The zero-order valence-electron chi connectivity index (χ0n) is 16.2. The van der Waals surface area contributed by atoms with Crippen LogP contribution in [0.4, 0.5) is 21.5 Å². The fourth-order valence-electron chi connectivity index (χ4n) is 3.39. The molecular weight excluding hydrogens is 399 g/mol. The van der Waals surface area contributed by atoms with E-state index < -0.39 is 16.8 Å². The maximum atomic E-state index is 13.4. The first-order valence-electron chi connectivity index (χ1n) is 9.26. The van der Waals surface area contributed by atoms with E-state index in [1.807, 2.05) is 9.80 Å². The number of aryl methyl sites for hydroxylation is 1. The maximum Gasteiger partial charge on any atom is 0.294 e. The first-order valence-corrected chi connectivity index (χ1v) is 9.64. The van der Waals surface area contributed by atoms with E-state index in [1.54, 1.807) is 32.0 Å². The zero-order valence-corrected chi connectivity index (χ0v) is 16.9. The summed E-state index contributed by atoms with van der Waals surface area (Å²) in [6.45, 7) is 5.81. The molecule has 0 saturated carbocycles. The molecule has 1 saturated heterocycles. The van der Waals surface area contributed by atoms with Crippen LogP contribution in [0.1, 0.15) is 12.5 Å². The van der Waals surface area contributed by atoms with Crippen molar-refractivity contribution in [3.8, 4) is 0 Å². The Bertz CT molecular complexity index is 932. The molecule has 1 heterocycles. The number of carbonyl (C=O) groups excluding carboxylic acids is 1. The van der Waals surface area contributed by atoms with E-state index in [9.17, 15) is 19.3 Å². The number of nitrogens with one attached hydrogen (secondary N) is 1. The van der Waals surface area contributed by atoms with E-state index in [0.29, 0.717) is 42.6 Å². The maximum absolute atomic E-state index is 13.4. The molecule has 0 aromatic heterocycles. The highest BCUT2D eigenvalue weighted by molar-refractivity contribution is 6.30. The van der Waals surface area contributed by atoms with Crippen molar-refractivity contribution in [2.75, 3.05) is 36.4 Å². The molecule has 0 radical (unpaired) electrons. The molecule has 2 aromatic carbocycles.